The fraction of sp³-hybridized carbons (Fsp3) is 0.350. The average Bonchev–Trinajstić information content (AvgIpc) is 3.20. The SMILES string of the molecule is CN(C)C(=O)C1=C[C@@H](c2ccsc2)C[C@@H](OCc2ccc(CO)cc2)O1. The Balaban J connectivity index is 1.70. The average molecular weight is 373 g/mol. The number of aliphatic hydroxyl groups excluding tert-OH is 1. The first-order valence-electron chi connectivity index (χ1n) is 8.49. The summed E-state index contributed by atoms with van der Waals surface area (Å²) in [5.41, 5.74) is 3.03. The monoisotopic (exact) mass is 373 g/mol. The fourth-order valence-electron chi connectivity index (χ4n) is 2.78. The minimum Gasteiger partial charge on any atom is -0.459 e. The van der Waals surface area contributed by atoms with Gasteiger partial charge in [-0.1, -0.05) is 24.3 Å². The van der Waals surface area contributed by atoms with Gasteiger partial charge in [0.25, 0.3) is 5.91 Å². The van der Waals surface area contributed by atoms with Crippen molar-refractivity contribution in [1.82, 2.24) is 4.90 Å². The first-order chi connectivity index (χ1) is 12.6. The molecule has 0 radical (unpaired) electrons. The Bertz CT molecular complexity index is 753. The molecule has 0 saturated heterocycles. The van der Waals surface area contributed by atoms with Gasteiger partial charge in [0.2, 0.25) is 6.29 Å². The molecular weight excluding hydrogens is 350 g/mol. The number of amides is 1. The van der Waals surface area contributed by atoms with Gasteiger partial charge < -0.3 is 19.5 Å². The van der Waals surface area contributed by atoms with Crippen molar-refractivity contribution in [2.75, 3.05) is 14.1 Å². The van der Waals surface area contributed by atoms with Gasteiger partial charge in [-0.15, -0.1) is 0 Å². The van der Waals surface area contributed by atoms with Gasteiger partial charge in [0.15, 0.2) is 5.76 Å². The molecular formula is C20H23NO4S. The van der Waals surface area contributed by atoms with Crippen molar-refractivity contribution in [2.24, 2.45) is 0 Å². The standard InChI is InChI=1S/C20H23NO4S/c1-21(2)20(23)18-9-17(16-7-8-26-13-16)10-19(25-18)24-12-15-5-3-14(11-22)4-6-15/h3-9,13,17,19,22H,10-12H2,1-2H3/t17-,19+/m1/s1. The number of aliphatic hydroxyl groups is 1. The number of hydrogen-bond acceptors (Lipinski definition) is 5. The van der Waals surface area contributed by atoms with Crippen LogP contribution < -0.4 is 0 Å². The number of thiophene rings is 1. The van der Waals surface area contributed by atoms with Crippen LogP contribution in [0.2, 0.25) is 0 Å². The molecule has 1 aromatic carbocycles. The lowest BCUT2D eigenvalue weighted by Crippen LogP contribution is -2.32. The molecule has 0 fully saturated rings. The van der Waals surface area contributed by atoms with Crippen LogP contribution in [0.1, 0.15) is 29.0 Å². The highest BCUT2D eigenvalue weighted by molar-refractivity contribution is 7.08. The van der Waals surface area contributed by atoms with E-state index in [1.54, 1.807) is 25.4 Å². The summed E-state index contributed by atoms with van der Waals surface area (Å²) in [4.78, 5) is 13.9. The highest BCUT2D eigenvalue weighted by Crippen LogP contribution is 2.33. The number of carbonyl (C=O) groups is 1. The maximum Gasteiger partial charge on any atom is 0.288 e. The zero-order chi connectivity index (χ0) is 18.5. The molecule has 6 heteroatoms. The third-order valence-corrected chi connectivity index (χ3v) is 4.99. The van der Waals surface area contributed by atoms with Crippen LogP contribution in [0.4, 0.5) is 0 Å². The first kappa shape index (κ1) is 18.6. The zero-order valence-corrected chi connectivity index (χ0v) is 15.7. The molecule has 0 aliphatic carbocycles. The van der Waals surface area contributed by atoms with Crippen molar-refractivity contribution in [3.8, 4) is 0 Å². The molecule has 1 amide bonds. The van der Waals surface area contributed by atoms with E-state index in [9.17, 15) is 4.79 Å². The smallest absolute Gasteiger partial charge is 0.288 e. The molecule has 5 nitrogen and oxygen atoms in total. The van der Waals surface area contributed by atoms with Gasteiger partial charge in [0.05, 0.1) is 13.2 Å². The zero-order valence-electron chi connectivity index (χ0n) is 14.9. The topological polar surface area (TPSA) is 59.0 Å². The van der Waals surface area contributed by atoms with Gasteiger partial charge in [0.1, 0.15) is 0 Å². The summed E-state index contributed by atoms with van der Waals surface area (Å²) in [7, 11) is 3.42. The van der Waals surface area contributed by atoms with Gasteiger partial charge >= 0.3 is 0 Å². The van der Waals surface area contributed by atoms with Crippen LogP contribution in [0.5, 0.6) is 0 Å². The largest absolute Gasteiger partial charge is 0.459 e. The van der Waals surface area contributed by atoms with E-state index in [1.807, 2.05) is 35.7 Å². The fourth-order valence-corrected chi connectivity index (χ4v) is 3.50. The predicted molar refractivity (Wildman–Crippen MR) is 100 cm³/mol. The van der Waals surface area contributed by atoms with Crippen LogP contribution >= 0.6 is 11.3 Å². The lowest BCUT2D eigenvalue weighted by Gasteiger charge is -2.29. The Morgan fingerprint density at radius 2 is 2.00 bits per heavy atom. The summed E-state index contributed by atoms with van der Waals surface area (Å²) < 4.78 is 11.8. The normalized spacial score (nSPS) is 19.6. The second-order valence-corrected chi connectivity index (χ2v) is 7.24. The molecule has 1 N–H and O–H groups in total. The highest BCUT2D eigenvalue weighted by atomic mass is 32.1. The van der Waals surface area contributed by atoms with Crippen molar-refractivity contribution >= 4 is 17.2 Å². The van der Waals surface area contributed by atoms with Crippen molar-refractivity contribution in [2.45, 2.75) is 31.8 Å². The van der Waals surface area contributed by atoms with Crippen molar-refractivity contribution in [1.29, 1.82) is 0 Å². The maximum atomic E-state index is 12.4. The number of rotatable bonds is 6. The van der Waals surface area contributed by atoms with Crippen LogP contribution in [0, 0.1) is 0 Å². The van der Waals surface area contributed by atoms with Crippen LogP contribution in [-0.2, 0) is 27.5 Å². The molecule has 2 aromatic rings. The van der Waals surface area contributed by atoms with E-state index in [1.165, 1.54) is 10.5 Å². The second-order valence-electron chi connectivity index (χ2n) is 6.46. The lowest BCUT2D eigenvalue weighted by molar-refractivity contribution is -0.154. The minimum absolute atomic E-state index is 0.0238. The first-order valence-corrected chi connectivity index (χ1v) is 9.43. The Morgan fingerprint density at radius 1 is 1.27 bits per heavy atom. The Kier molecular flexibility index (Phi) is 6.08. The third kappa shape index (κ3) is 4.52. The Labute approximate surface area is 157 Å². The van der Waals surface area contributed by atoms with Crippen molar-refractivity contribution in [3.63, 3.8) is 0 Å². The Morgan fingerprint density at radius 3 is 2.62 bits per heavy atom. The van der Waals surface area contributed by atoms with Crippen LogP contribution in [0.3, 0.4) is 0 Å². The lowest BCUT2D eigenvalue weighted by atomic mass is 9.95. The van der Waals surface area contributed by atoms with E-state index in [4.69, 9.17) is 14.6 Å². The molecule has 0 unspecified atom stereocenters. The summed E-state index contributed by atoms with van der Waals surface area (Å²) in [5.74, 6) is 0.263. The van der Waals surface area contributed by atoms with Gasteiger partial charge in [-0.2, -0.15) is 11.3 Å². The summed E-state index contributed by atoms with van der Waals surface area (Å²) in [6, 6.07) is 9.66. The molecule has 3 rings (SSSR count). The summed E-state index contributed by atoms with van der Waals surface area (Å²) in [6.07, 6.45) is 2.07. The van der Waals surface area contributed by atoms with E-state index in [0.29, 0.717) is 18.8 Å². The molecule has 26 heavy (non-hydrogen) atoms. The van der Waals surface area contributed by atoms with E-state index in [-0.39, 0.29) is 18.4 Å². The van der Waals surface area contributed by atoms with Gasteiger partial charge in [0, 0.05) is 26.4 Å². The van der Waals surface area contributed by atoms with E-state index in [0.717, 1.165) is 11.1 Å². The van der Waals surface area contributed by atoms with Gasteiger partial charge in [-0.3, -0.25) is 4.79 Å². The van der Waals surface area contributed by atoms with Crippen LogP contribution in [-0.4, -0.2) is 36.3 Å². The number of carbonyl (C=O) groups excluding carboxylic acids is 1. The minimum atomic E-state index is -0.485. The molecule has 0 spiro atoms. The number of allylic oxidation sites excluding steroid dienone is 1. The van der Waals surface area contributed by atoms with E-state index in [2.05, 4.69) is 11.4 Å². The van der Waals surface area contributed by atoms with E-state index < -0.39 is 6.29 Å². The highest BCUT2D eigenvalue weighted by Gasteiger charge is 2.29. The third-order valence-electron chi connectivity index (χ3n) is 4.29. The van der Waals surface area contributed by atoms with Gasteiger partial charge in [-0.25, -0.2) is 0 Å². The molecule has 0 bridgehead atoms. The number of likely N-dealkylation sites (N-methyl/N-ethyl adjacent to an activating group) is 1. The molecule has 2 heterocycles. The molecule has 1 aromatic heterocycles. The Hall–Kier alpha value is -2.15. The molecule has 2 atom stereocenters. The molecule has 138 valence electrons. The number of benzene rings is 1. The van der Waals surface area contributed by atoms with Gasteiger partial charge in [-0.05, 0) is 39.6 Å². The molecule has 1 aliphatic rings. The summed E-state index contributed by atoms with van der Waals surface area (Å²) in [6.45, 7) is 0.409. The molecule has 1 aliphatic heterocycles. The van der Waals surface area contributed by atoms with Crippen LogP contribution in [0.25, 0.3) is 0 Å². The number of hydrogen-bond donors (Lipinski definition) is 1. The van der Waals surface area contributed by atoms with E-state index >= 15 is 0 Å². The van der Waals surface area contributed by atoms with Crippen molar-refractivity contribution in [3.05, 3.63) is 69.6 Å². The number of ether oxygens (including phenoxy) is 2. The predicted octanol–water partition coefficient (Wildman–Crippen LogP) is 3.26. The number of nitrogens with zero attached hydrogens (tertiary/aromatic N) is 1. The molecule has 0 saturated carbocycles. The second kappa shape index (κ2) is 8.49. The van der Waals surface area contributed by atoms with Crippen LogP contribution in [0.15, 0.2) is 52.9 Å². The quantitative estimate of drug-likeness (QED) is 0.844. The van der Waals surface area contributed by atoms with Crippen molar-refractivity contribution < 1.29 is 19.4 Å². The summed E-state index contributed by atoms with van der Waals surface area (Å²) >= 11 is 1.64. The summed E-state index contributed by atoms with van der Waals surface area (Å²) in [5, 5.41) is 13.2. The maximum absolute atomic E-state index is 12.4.